The highest BCUT2D eigenvalue weighted by Gasteiger charge is 2.25. The fourth-order valence-corrected chi connectivity index (χ4v) is 4.05. The van der Waals surface area contributed by atoms with Crippen molar-refractivity contribution in [2.45, 2.75) is 30.7 Å². The van der Waals surface area contributed by atoms with Crippen LogP contribution in [-0.2, 0) is 14.8 Å². The fourth-order valence-electron chi connectivity index (χ4n) is 2.74. The second-order valence-corrected chi connectivity index (χ2v) is 7.55. The largest absolute Gasteiger partial charge is 0.383 e. The maximum Gasteiger partial charge on any atom is 0.240 e. The summed E-state index contributed by atoms with van der Waals surface area (Å²) in [6.07, 6.45) is 1.76. The minimum Gasteiger partial charge on any atom is -0.383 e. The van der Waals surface area contributed by atoms with Gasteiger partial charge >= 0.3 is 0 Å². The van der Waals surface area contributed by atoms with Gasteiger partial charge in [-0.25, -0.2) is 13.1 Å². The lowest BCUT2D eigenvalue weighted by Crippen LogP contribution is -2.48. The van der Waals surface area contributed by atoms with Gasteiger partial charge in [-0.05, 0) is 38.4 Å². The average Bonchev–Trinajstić information content (AvgIpc) is 2.53. The van der Waals surface area contributed by atoms with E-state index in [-0.39, 0.29) is 16.7 Å². The van der Waals surface area contributed by atoms with Crippen molar-refractivity contribution < 1.29 is 17.9 Å². The molecule has 0 aliphatic carbocycles. The Hall–Kier alpha value is -1.28. The minimum atomic E-state index is -3.62. The summed E-state index contributed by atoms with van der Waals surface area (Å²) < 4.78 is 32.9. The van der Waals surface area contributed by atoms with Crippen molar-refractivity contribution in [3.63, 3.8) is 0 Å². The molecule has 0 amide bonds. The van der Waals surface area contributed by atoms with Crippen molar-refractivity contribution in [1.82, 2.24) is 9.62 Å². The Bertz CT molecular complexity index is 645. The van der Waals surface area contributed by atoms with Crippen LogP contribution in [-0.4, -0.2) is 58.5 Å². The lowest BCUT2D eigenvalue weighted by Gasteiger charge is -2.32. The number of methoxy groups -OCH3 is 1. The number of ether oxygens (including phenoxy) is 1. The number of hydrogen-bond acceptors (Lipinski definition) is 5. The Morgan fingerprint density at radius 3 is 2.91 bits per heavy atom. The standard InChI is InChI=1S/C16H24N2O4S/c1-13(19)14-5-3-7-16(11-14)23(20,21)17-15-6-4-8-18(12-15)9-10-22-2/h3,5,7,11,15,17H,4,6,8-10,12H2,1-2H3/t15-/m0/s1. The van der Waals surface area contributed by atoms with Crippen LogP contribution in [0, 0.1) is 0 Å². The Morgan fingerprint density at radius 2 is 2.22 bits per heavy atom. The molecule has 1 atom stereocenters. The second kappa shape index (κ2) is 8.01. The molecule has 1 fully saturated rings. The number of piperidine rings is 1. The molecule has 1 aliphatic heterocycles. The number of rotatable bonds is 7. The number of sulfonamides is 1. The molecule has 0 spiro atoms. The van der Waals surface area contributed by atoms with Gasteiger partial charge in [0.2, 0.25) is 10.0 Å². The third-order valence-electron chi connectivity index (χ3n) is 3.99. The van der Waals surface area contributed by atoms with Crippen molar-refractivity contribution in [2.24, 2.45) is 0 Å². The number of nitrogens with one attached hydrogen (secondary N) is 1. The number of nitrogens with zero attached hydrogens (tertiary/aromatic N) is 1. The smallest absolute Gasteiger partial charge is 0.240 e. The van der Waals surface area contributed by atoms with Crippen LogP contribution in [0.25, 0.3) is 0 Å². The van der Waals surface area contributed by atoms with Gasteiger partial charge in [0.15, 0.2) is 5.78 Å². The molecule has 0 aromatic heterocycles. The molecule has 1 aromatic rings. The van der Waals surface area contributed by atoms with Crippen molar-refractivity contribution >= 4 is 15.8 Å². The first-order valence-electron chi connectivity index (χ1n) is 7.77. The molecular formula is C16H24N2O4S. The molecule has 1 heterocycles. The van der Waals surface area contributed by atoms with Crippen molar-refractivity contribution in [3.05, 3.63) is 29.8 Å². The van der Waals surface area contributed by atoms with Gasteiger partial charge in [-0.3, -0.25) is 9.69 Å². The van der Waals surface area contributed by atoms with Gasteiger partial charge in [0, 0.05) is 31.8 Å². The quantitative estimate of drug-likeness (QED) is 0.757. The molecule has 1 N–H and O–H groups in total. The molecule has 0 bridgehead atoms. The number of Topliss-reactive ketones (excluding diaryl/α,β-unsaturated/α-hetero) is 1. The molecule has 1 aromatic carbocycles. The Kier molecular flexibility index (Phi) is 6.29. The van der Waals surface area contributed by atoms with E-state index in [1.54, 1.807) is 19.2 Å². The summed E-state index contributed by atoms with van der Waals surface area (Å²) in [6.45, 7) is 4.50. The monoisotopic (exact) mass is 340 g/mol. The van der Waals surface area contributed by atoms with E-state index in [4.69, 9.17) is 4.74 Å². The molecule has 2 rings (SSSR count). The molecule has 0 saturated carbocycles. The molecule has 1 saturated heterocycles. The number of carbonyl (C=O) groups is 1. The third kappa shape index (κ3) is 5.10. The van der Waals surface area contributed by atoms with E-state index in [0.717, 1.165) is 25.9 Å². The van der Waals surface area contributed by atoms with E-state index in [9.17, 15) is 13.2 Å². The summed E-state index contributed by atoms with van der Waals surface area (Å²) in [5, 5.41) is 0. The highest BCUT2D eigenvalue weighted by atomic mass is 32.2. The van der Waals surface area contributed by atoms with E-state index >= 15 is 0 Å². The molecule has 6 nitrogen and oxygen atoms in total. The lowest BCUT2D eigenvalue weighted by molar-refractivity contribution is 0.101. The summed E-state index contributed by atoms with van der Waals surface area (Å²) in [7, 11) is -1.96. The highest BCUT2D eigenvalue weighted by Crippen LogP contribution is 2.16. The summed E-state index contributed by atoms with van der Waals surface area (Å²) >= 11 is 0. The van der Waals surface area contributed by atoms with E-state index in [1.807, 2.05) is 0 Å². The average molecular weight is 340 g/mol. The molecule has 0 radical (unpaired) electrons. The third-order valence-corrected chi connectivity index (χ3v) is 5.51. The minimum absolute atomic E-state index is 0.119. The van der Waals surface area contributed by atoms with Crippen molar-refractivity contribution in [1.29, 1.82) is 0 Å². The zero-order valence-electron chi connectivity index (χ0n) is 13.6. The summed E-state index contributed by atoms with van der Waals surface area (Å²) in [6, 6.07) is 6.04. The van der Waals surface area contributed by atoms with Crippen LogP contribution < -0.4 is 4.72 Å². The Labute approximate surface area is 137 Å². The van der Waals surface area contributed by atoms with Gasteiger partial charge in [-0.2, -0.15) is 0 Å². The second-order valence-electron chi connectivity index (χ2n) is 5.84. The summed E-state index contributed by atoms with van der Waals surface area (Å²) in [4.78, 5) is 13.8. The maximum atomic E-state index is 12.5. The number of likely N-dealkylation sites (tertiary alicyclic amines) is 1. The first-order valence-corrected chi connectivity index (χ1v) is 9.25. The predicted molar refractivity (Wildman–Crippen MR) is 88.1 cm³/mol. The first kappa shape index (κ1) is 18.1. The maximum absolute atomic E-state index is 12.5. The SMILES string of the molecule is COCCN1CCC[C@H](NS(=O)(=O)c2cccc(C(C)=O)c2)C1. The topological polar surface area (TPSA) is 75.7 Å². The van der Waals surface area contributed by atoms with Crippen molar-refractivity contribution in [2.75, 3.05) is 33.4 Å². The number of carbonyl (C=O) groups excluding carboxylic acids is 1. The highest BCUT2D eigenvalue weighted by molar-refractivity contribution is 7.89. The summed E-state index contributed by atoms with van der Waals surface area (Å²) in [5.41, 5.74) is 0.401. The van der Waals surface area contributed by atoms with Crippen LogP contribution in [0.3, 0.4) is 0 Å². The van der Waals surface area contributed by atoms with Gasteiger partial charge in [0.25, 0.3) is 0 Å². The molecular weight excluding hydrogens is 316 g/mol. The molecule has 1 aliphatic rings. The van der Waals surface area contributed by atoms with Gasteiger partial charge in [-0.1, -0.05) is 12.1 Å². The van der Waals surface area contributed by atoms with Crippen LogP contribution in [0.15, 0.2) is 29.2 Å². The number of benzene rings is 1. The van der Waals surface area contributed by atoms with Crippen LogP contribution in [0.4, 0.5) is 0 Å². The van der Waals surface area contributed by atoms with Gasteiger partial charge in [0.05, 0.1) is 11.5 Å². The Balaban J connectivity index is 2.05. The zero-order chi connectivity index (χ0) is 16.9. The van der Waals surface area contributed by atoms with E-state index in [0.29, 0.717) is 18.7 Å². The normalized spacial score (nSPS) is 19.7. The van der Waals surface area contributed by atoms with Crippen LogP contribution in [0.2, 0.25) is 0 Å². The predicted octanol–water partition coefficient (Wildman–Crippen LogP) is 1.28. The summed E-state index contributed by atoms with van der Waals surface area (Å²) in [5.74, 6) is -0.148. The Morgan fingerprint density at radius 1 is 1.43 bits per heavy atom. The van der Waals surface area contributed by atoms with Gasteiger partial charge in [-0.15, -0.1) is 0 Å². The van der Waals surface area contributed by atoms with Crippen LogP contribution in [0.1, 0.15) is 30.1 Å². The fraction of sp³-hybridized carbons (Fsp3) is 0.562. The van der Waals surface area contributed by atoms with Crippen molar-refractivity contribution in [3.8, 4) is 0 Å². The first-order chi connectivity index (χ1) is 10.9. The zero-order valence-corrected chi connectivity index (χ0v) is 14.4. The van der Waals surface area contributed by atoms with Gasteiger partial charge in [0.1, 0.15) is 0 Å². The molecule has 0 unspecified atom stereocenters. The lowest BCUT2D eigenvalue weighted by atomic mass is 10.1. The molecule has 128 valence electrons. The number of hydrogen-bond donors (Lipinski definition) is 1. The van der Waals surface area contributed by atoms with Gasteiger partial charge < -0.3 is 4.74 Å². The van der Waals surface area contributed by atoms with E-state index in [1.165, 1.54) is 19.1 Å². The number of ketones is 1. The van der Waals surface area contributed by atoms with Crippen LogP contribution in [0.5, 0.6) is 0 Å². The van der Waals surface area contributed by atoms with Crippen LogP contribution >= 0.6 is 0 Å². The molecule has 7 heteroatoms. The van der Waals surface area contributed by atoms with E-state index in [2.05, 4.69) is 9.62 Å². The van der Waals surface area contributed by atoms with E-state index < -0.39 is 10.0 Å². The molecule has 23 heavy (non-hydrogen) atoms.